The Bertz CT molecular complexity index is 743. The van der Waals surface area contributed by atoms with Crippen molar-refractivity contribution in [3.05, 3.63) is 45.9 Å². The van der Waals surface area contributed by atoms with Crippen molar-refractivity contribution in [2.24, 2.45) is 0 Å². The minimum atomic E-state index is -3.51. The largest absolute Gasteiger partial charge is 0.247 e. The molecule has 1 heterocycles. The molecule has 0 saturated heterocycles. The Kier molecular flexibility index (Phi) is 5.07. The van der Waals surface area contributed by atoms with Crippen LogP contribution in [0.2, 0.25) is 0 Å². The molecule has 0 fully saturated rings. The lowest BCUT2D eigenvalue weighted by Crippen LogP contribution is -2.26. The van der Waals surface area contributed by atoms with Crippen molar-refractivity contribution in [3.63, 3.8) is 0 Å². The van der Waals surface area contributed by atoms with Gasteiger partial charge in [-0.2, -0.15) is 5.26 Å². The first-order valence-corrected chi connectivity index (χ1v) is 8.74. The van der Waals surface area contributed by atoms with Crippen molar-refractivity contribution >= 4 is 21.4 Å². The van der Waals surface area contributed by atoms with Crippen LogP contribution in [0.5, 0.6) is 0 Å². The molecule has 0 radical (unpaired) electrons. The van der Waals surface area contributed by atoms with Crippen LogP contribution in [0, 0.1) is 18.3 Å². The predicted molar refractivity (Wildman–Crippen MR) is 81.5 cm³/mol. The first-order valence-electron chi connectivity index (χ1n) is 6.38. The Hall–Kier alpha value is -1.75. The molecular weight excluding hydrogens is 306 g/mol. The minimum absolute atomic E-state index is 0.207. The molecule has 0 atom stereocenters. The van der Waals surface area contributed by atoms with E-state index in [2.05, 4.69) is 9.71 Å². The smallest absolute Gasteiger partial charge is 0.240 e. The normalized spacial score (nSPS) is 11.2. The fourth-order valence-electron chi connectivity index (χ4n) is 1.80. The number of benzene rings is 1. The summed E-state index contributed by atoms with van der Waals surface area (Å²) in [6.07, 6.45) is 0.840. The first kappa shape index (κ1) is 15.6. The number of aryl methyl sites for hydroxylation is 1. The zero-order valence-electron chi connectivity index (χ0n) is 11.5. The Morgan fingerprint density at radius 2 is 2.05 bits per heavy atom. The highest BCUT2D eigenvalue weighted by atomic mass is 32.2. The topological polar surface area (TPSA) is 82.8 Å². The molecule has 0 saturated carbocycles. The van der Waals surface area contributed by atoms with Crippen LogP contribution in [0.1, 0.15) is 16.3 Å². The van der Waals surface area contributed by atoms with Crippen LogP contribution in [-0.2, 0) is 22.9 Å². The van der Waals surface area contributed by atoms with Crippen LogP contribution in [0.4, 0.5) is 0 Å². The molecule has 1 aromatic carbocycles. The third kappa shape index (κ3) is 4.36. The number of sulfonamides is 1. The third-order valence-electron chi connectivity index (χ3n) is 2.86. The molecule has 2 aromatic rings. The van der Waals surface area contributed by atoms with Crippen molar-refractivity contribution in [3.8, 4) is 6.07 Å². The van der Waals surface area contributed by atoms with Crippen LogP contribution in [0.25, 0.3) is 0 Å². The van der Waals surface area contributed by atoms with Crippen LogP contribution < -0.4 is 4.72 Å². The predicted octanol–water partition coefficient (Wildman–Crippen LogP) is 2.04. The summed E-state index contributed by atoms with van der Waals surface area (Å²) in [5.41, 5.74) is 1.69. The van der Waals surface area contributed by atoms with Gasteiger partial charge in [-0.25, -0.2) is 18.1 Å². The zero-order valence-corrected chi connectivity index (χ0v) is 13.2. The van der Waals surface area contributed by atoms with Gasteiger partial charge in [0.15, 0.2) is 0 Å². The Morgan fingerprint density at radius 1 is 1.33 bits per heavy atom. The molecule has 110 valence electrons. The van der Waals surface area contributed by atoms with E-state index in [0.717, 1.165) is 16.3 Å². The Labute approximate surface area is 128 Å². The van der Waals surface area contributed by atoms with Gasteiger partial charge in [-0.05, 0) is 24.6 Å². The average Bonchev–Trinajstić information content (AvgIpc) is 2.85. The van der Waals surface area contributed by atoms with E-state index in [1.54, 1.807) is 23.5 Å². The van der Waals surface area contributed by atoms with Gasteiger partial charge >= 0.3 is 0 Å². The summed E-state index contributed by atoms with van der Waals surface area (Å²) in [4.78, 5) is 4.50. The summed E-state index contributed by atoms with van der Waals surface area (Å²) in [6.45, 7) is 2.23. The third-order valence-corrected chi connectivity index (χ3v) is 5.16. The summed E-state index contributed by atoms with van der Waals surface area (Å²) in [7, 11) is -3.51. The lowest BCUT2D eigenvalue weighted by Gasteiger charge is -2.06. The quantitative estimate of drug-likeness (QED) is 0.882. The lowest BCUT2D eigenvalue weighted by atomic mass is 10.2. The van der Waals surface area contributed by atoms with Gasteiger partial charge in [0.05, 0.1) is 28.1 Å². The van der Waals surface area contributed by atoms with E-state index in [9.17, 15) is 8.42 Å². The summed E-state index contributed by atoms with van der Waals surface area (Å²) >= 11 is 1.55. The molecular formula is C14H15N3O2S2. The molecule has 21 heavy (non-hydrogen) atoms. The van der Waals surface area contributed by atoms with E-state index in [4.69, 9.17) is 5.26 Å². The van der Waals surface area contributed by atoms with E-state index in [1.807, 2.05) is 18.4 Å². The molecule has 0 spiro atoms. The highest BCUT2D eigenvalue weighted by Crippen LogP contribution is 2.12. The highest BCUT2D eigenvalue weighted by molar-refractivity contribution is 7.89. The van der Waals surface area contributed by atoms with E-state index in [0.29, 0.717) is 13.0 Å². The van der Waals surface area contributed by atoms with Crippen molar-refractivity contribution in [2.75, 3.05) is 6.54 Å². The number of aromatic nitrogens is 1. The number of thiazole rings is 1. The van der Waals surface area contributed by atoms with Crippen molar-refractivity contribution < 1.29 is 8.42 Å². The molecule has 1 N–H and O–H groups in total. The SMILES string of the molecule is Cc1nc(CCNS(=O)(=O)c2ccc(CC#N)cc2)cs1. The molecule has 0 aliphatic rings. The standard InChI is InChI=1S/C14H15N3O2S2/c1-11-17-13(10-20-11)7-9-16-21(18,19)14-4-2-12(3-5-14)6-8-15/h2-5,10,16H,6-7,9H2,1H3. The number of hydrogen-bond donors (Lipinski definition) is 1. The summed E-state index contributed by atoms with van der Waals surface area (Å²) in [6, 6.07) is 8.37. The highest BCUT2D eigenvalue weighted by Gasteiger charge is 2.13. The fraction of sp³-hybridized carbons (Fsp3) is 0.286. The first-order chi connectivity index (χ1) is 10.0. The summed E-state index contributed by atoms with van der Waals surface area (Å²) in [5.74, 6) is 0. The van der Waals surface area contributed by atoms with Gasteiger partial charge in [0.2, 0.25) is 10.0 Å². The van der Waals surface area contributed by atoms with E-state index in [1.165, 1.54) is 12.1 Å². The van der Waals surface area contributed by atoms with Crippen LogP contribution >= 0.6 is 11.3 Å². The van der Waals surface area contributed by atoms with Crippen LogP contribution in [0.3, 0.4) is 0 Å². The lowest BCUT2D eigenvalue weighted by molar-refractivity contribution is 0.581. The van der Waals surface area contributed by atoms with E-state index < -0.39 is 10.0 Å². The monoisotopic (exact) mass is 321 g/mol. The maximum atomic E-state index is 12.1. The Morgan fingerprint density at radius 3 is 2.62 bits per heavy atom. The second-order valence-electron chi connectivity index (χ2n) is 4.48. The number of nitrogens with zero attached hydrogens (tertiary/aromatic N) is 2. The molecule has 7 heteroatoms. The fourth-order valence-corrected chi connectivity index (χ4v) is 3.48. The molecule has 2 rings (SSSR count). The molecule has 0 unspecified atom stereocenters. The summed E-state index contributed by atoms with van der Waals surface area (Å²) in [5, 5.41) is 11.5. The second-order valence-corrected chi connectivity index (χ2v) is 7.31. The molecule has 0 aliphatic heterocycles. The molecule has 5 nitrogen and oxygen atoms in total. The van der Waals surface area contributed by atoms with Crippen molar-refractivity contribution in [1.82, 2.24) is 9.71 Å². The second kappa shape index (κ2) is 6.80. The van der Waals surface area contributed by atoms with Crippen molar-refractivity contribution in [1.29, 1.82) is 5.26 Å². The molecule has 0 aliphatic carbocycles. The summed E-state index contributed by atoms with van der Waals surface area (Å²) < 4.78 is 26.8. The molecule has 0 amide bonds. The van der Waals surface area contributed by atoms with Gasteiger partial charge in [-0.15, -0.1) is 11.3 Å². The number of rotatable bonds is 6. The maximum absolute atomic E-state index is 12.1. The minimum Gasteiger partial charge on any atom is -0.247 e. The van der Waals surface area contributed by atoms with Gasteiger partial charge in [0, 0.05) is 18.3 Å². The van der Waals surface area contributed by atoms with Crippen LogP contribution in [-0.4, -0.2) is 19.9 Å². The number of nitrogens with one attached hydrogen (secondary N) is 1. The van der Waals surface area contributed by atoms with Gasteiger partial charge < -0.3 is 0 Å². The average molecular weight is 321 g/mol. The van der Waals surface area contributed by atoms with Gasteiger partial charge in [0.1, 0.15) is 0 Å². The van der Waals surface area contributed by atoms with Crippen LogP contribution in [0.15, 0.2) is 34.5 Å². The maximum Gasteiger partial charge on any atom is 0.240 e. The van der Waals surface area contributed by atoms with E-state index in [-0.39, 0.29) is 11.3 Å². The van der Waals surface area contributed by atoms with Gasteiger partial charge in [0.25, 0.3) is 0 Å². The zero-order chi connectivity index (χ0) is 15.3. The molecule has 0 bridgehead atoms. The van der Waals surface area contributed by atoms with Gasteiger partial charge in [-0.3, -0.25) is 0 Å². The number of nitriles is 1. The number of hydrogen-bond acceptors (Lipinski definition) is 5. The van der Waals surface area contributed by atoms with E-state index >= 15 is 0 Å². The molecule has 1 aromatic heterocycles. The van der Waals surface area contributed by atoms with Gasteiger partial charge in [-0.1, -0.05) is 12.1 Å². The van der Waals surface area contributed by atoms with Crippen molar-refractivity contribution in [2.45, 2.75) is 24.7 Å². The Balaban J connectivity index is 1.96.